The van der Waals surface area contributed by atoms with Crippen molar-refractivity contribution in [1.82, 2.24) is 15.5 Å². The van der Waals surface area contributed by atoms with E-state index in [1.54, 1.807) is 18.2 Å². The molecule has 0 spiro atoms. The molecule has 1 aromatic rings. The van der Waals surface area contributed by atoms with Gasteiger partial charge >= 0.3 is 0 Å². The number of carbonyl (C=O) groups is 2. The number of nitrogens with one attached hydrogen (secondary N) is 2. The summed E-state index contributed by atoms with van der Waals surface area (Å²) in [6.07, 6.45) is 6.79. The van der Waals surface area contributed by atoms with Gasteiger partial charge in [-0.1, -0.05) is 64.3 Å². The largest absolute Gasteiger partial charge is 0.351 e. The predicted octanol–water partition coefficient (Wildman–Crippen LogP) is 3.84. The lowest BCUT2D eigenvalue weighted by Gasteiger charge is -2.27. The van der Waals surface area contributed by atoms with Crippen LogP contribution >= 0.6 is 11.6 Å². The molecule has 32 heavy (non-hydrogen) atoms. The van der Waals surface area contributed by atoms with Crippen LogP contribution in [0.4, 0.5) is 0 Å². The van der Waals surface area contributed by atoms with Gasteiger partial charge in [-0.3, -0.25) is 9.59 Å². The van der Waals surface area contributed by atoms with E-state index in [2.05, 4.69) is 24.5 Å². The van der Waals surface area contributed by atoms with Gasteiger partial charge in [-0.05, 0) is 49.1 Å². The van der Waals surface area contributed by atoms with Crippen LogP contribution in [-0.4, -0.2) is 55.0 Å². The van der Waals surface area contributed by atoms with Crippen LogP contribution in [0.15, 0.2) is 30.3 Å². The van der Waals surface area contributed by atoms with E-state index < -0.39 is 0 Å². The van der Waals surface area contributed by atoms with Crippen molar-refractivity contribution in [3.63, 3.8) is 0 Å². The van der Waals surface area contributed by atoms with Gasteiger partial charge in [0.1, 0.15) is 0 Å². The van der Waals surface area contributed by atoms with Gasteiger partial charge < -0.3 is 21.3 Å². The molecule has 0 saturated carbocycles. The van der Waals surface area contributed by atoms with E-state index in [1.165, 1.54) is 6.08 Å². The van der Waals surface area contributed by atoms with Crippen LogP contribution in [0, 0.1) is 5.92 Å². The highest BCUT2D eigenvalue weighted by molar-refractivity contribution is 6.30. The fraction of sp³-hybridized carbons (Fsp3) is 0.600. The van der Waals surface area contributed by atoms with E-state index in [-0.39, 0.29) is 23.9 Å². The lowest BCUT2D eigenvalue weighted by atomic mass is 10.0. The van der Waals surface area contributed by atoms with E-state index in [9.17, 15) is 9.59 Å². The maximum Gasteiger partial charge on any atom is 0.244 e. The van der Waals surface area contributed by atoms with Crippen molar-refractivity contribution in [3.05, 3.63) is 40.9 Å². The summed E-state index contributed by atoms with van der Waals surface area (Å²) in [6, 6.07) is 7.03. The van der Waals surface area contributed by atoms with Crippen LogP contribution in [0.3, 0.4) is 0 Å². The normalized spacial score (nSPS) is 19.0. The number of benzene rings is 1. The van der Waals surface area contributed by atoms with E-state index in [0.717, 1.165) is 31.4 Å². The molecule has 0 aromatic heterocycles. The molecule has 0 aliphatic carbocycles. The zero-order valence-corrected chi connectivity index (χ0v) is 20.8. The molecule has 7 heteroatoms. The van der Waals surface area contributed by atoms with Gasteiger partial charge in [0.25, 0.3) is 0 Å². The van der Waals surface area contributed by atoms with Crippen molar-refractivity contribution in [2.24, 2.45) is 11.7 Å². The molecular formula is C25H41ClN4O2. The maximum atomic E-state index is 13.0. The number of nitrogens with two attached hydrogens (primary N) is 1. The third-order valence-electron chi connectivity index (χ3n) is 5.70. The SMILES string of the molecule is CC.CCC(CC)CN1CC[C@@H](CNC(=O)/C=C/c2ccc(Cl)cc2)N[C@@H](CCN)C1=O. The van der Waals surface area contributed by atoms with Gasteiger partial charge in [-0.15, -0.1) is 0 Å². The third kappa shape index (κ3) is 9.72. The van der Waals surface area contributed by atoms with E-state index in [4.69, 9.17) is 17.3 Å². The molecule has 1 aliphatic heterocycles. The number of nitrogens with zero attached hydrogens (tertiary/aromatic N) is 1. The molecule has 2 rings (SSSR count). The highest BCUT2D eigenvalue weighted by Gasteiger charge is 2.31. The monoisotopic (exact) mass is 464 g/mol. The minimum Gasteiger partial charge on any atom is -0.351 e. The second-order valence-electron chi connectivity index (χ2n) is 7.88. The molecule has 0 bridgehead atoms. The van der Waals surface area contributed by atoms with Gasteiger partial charge in [0, 0.05) is 36.8 Å². The van der Waals surface area contributed by atoms with Crippen LogP contribution in [0.5, 0.6) is 0 Å². The Balaban J connectivity index is 0.00000249. The Hall–Kier alpha value is -1.89. The van der Waals surface area contributed by atoms with Crippen molar-refractivity contribution in [3.8, 4) is 0 Å². The van der Waals surface area contributed by atoms with Gasteiger partial charge in [0.2, 0.25) is 11.8 Å². The Morgan fingerprint density at radius 3 is 2.53 bits per heavy atom. The standard InChI is InChI=1S/C23H35ClN4O2.C2H6/c1-3-17(4-2)16-28-14-12-20(27-21(11-13-25)23(28)30)15-26-22(29)10-7-18-5-8-19(24)9-6-18;1-2/h5-10,17,20-21,27H,3-4,11-16,25H2,1-2H3,(H,26,29);1-2H3/b10-7+;/t20-,21-;/m0./s1. The Bertz CT molecular complexity index is 704. The Kier molecular flexibility index (Phi) is 13.9. The highest BCUT2D eigenvalue weighted by atomic mass is 35.5. The summed E-state index contributed by atoms with van der Waals surface area (Å²) in [5.74, 6) is 0.483. The first-order valence-corrected chi connectivity index (χ1v) is 12.3. The molecule has 1 saturated heterocycles. The van der Waals surface area contributed by atoms with E-state index in [1.807, 2.05) is 30.9 Å². The Morgan fingerprint density at radius 1 is 1.28 bits per heavy atom. The molecule has 180 valence electrons. The van der Waals surface area contributed by atoms with Crippen molar-refractivity contribution < 1.29 is 9.59 Å². The lowest BCUT2D eigenvalue weighted by molar-refractivity contribution is -0.133. The van der Waals surface area contributed by atoms with Gasteiger partial charge in [-0.2, -0.15) is 0 Å². The molecule has 0 radical (unpaired) electrons. The van der Waals surface area contributed by atoms with E-state index >= 15 is 0 Å². The van der Waals surface area contributed by atoms with Gasteiger partial charge in [0.15, 0.2) is 0 Å². The number of amides is 2. The zero-order valence-electron chi connectivity index (χ0n) is 20.1. The van der Waals surface area contributed by atoms with Gasteiger partial charge in [0.05, 0.1) is 6.04 Å². The summed E-state index contributed by atoms with van der Waals surface area (Å²) in [4.78, 5) is 27.2. The molecule has 6 nitrogen and oxygen atoms in total. The highest BCUT2D eigenvalue weighted by Crippen LogP contribution is 2.16. The summed E-state index contributed by atoms with van der Waals surface area (Å²) in [6.45, 7) is 10.7. The average Bonchev–Trinajstić information content (AvgIpc) is 2.96. The number of hydrogen-bond donors (Lipinski definition) is 3. The average molecular weight is 465 g/mol. The summed E-state index contributed by atoms with van der Waals surface area (Å²) in [7, 11) is 0. The van der Waals surface area contributed by atoms with Crippen molar-refractivity contribution in [2.45, 2.75) is 65.5 Å². The van der Waals surface area contributed by atoms with Crippen molar-refractivity contribution >= 4 is 29.5 Å². The fourth-order valence-electron chi connectivity index (χ4n) is 3.68. The van der Waals surface area contributed by atoms with Crippen molar-refractivity contribution in [2.75, 3.05) is 26.2 Å². The first kappa shape index (κ1) is 28.1. The van der Waals surface area contributed by atoms with Crippen molar-refractivity contribution in [1.29, 1.82) is 0 Å². The molecule has 4 N–H and O–H groups in total. The molecule has 0 unspecified atom stereocenters. The number of hydrogen-bond acceptors (Lipinski definition) is 4. The van der Waals surface area contributed by atoms with Gasteiger partial charge in [-0.25, -0.2) is 0 Å². The molecule has 2 amide bonds. The van der Waals surface area contributed by atoms with E-state index in [0.29, 0.717) is 37.0 Å². The molecule has 1 fully saturated rings. The van der Waals surface area contributed by atoms with Crippen LogP contribution in [0.1, 0.15) is 58.9 Å². The molecule has 1 aromatic carbocycles. The smallest absolute Gasteiger partial charge is 0.244 e. The van der Waals surface area contributed by atoms with Crippen LogP contribution in [0.2, 0.25) is 5.02 Å². The second kappa shape index (κ2) is 15.8. The lowest BCUT2D eigenvalue weighted by Crippen LogP contribution is -2.49. The Labute approximate surface area is 199 Å². The summed E-state index contributed by atoms with van der Waals surface area (Å²) in [5, 5.41) is 7.02. The van der Waals surface area contributed by atoms with Crippen LogP contribution in [-0.2, 0) is 9.59 Å². The molecular weight excluding hydrogens is 424 g/mol. The first-order chi connectivity index (χ1) is 15.5. The quantitative estimate of drug-likeness (QED) is 0.459. The minimum absolute atomic E-state index is 0.0325. The fourth-order valence-corrected chi connectivity index (χ4v) is 3.81. The van der Waals surface area contributed by atoms with Crippen LogP contribution < -0.4 is 16.4 Å². The number of carbonyl (C=O) groups excluding carboxylic acids is 2. The maximum absolute atomic E-state index is 13.0. The predicted molar refractivity (Wildman–Crippen MR) is 134 cm³/mol. The second-order valence-corrected chi connectivity index (χ2v) is 8.32. The van der Waals surface area contributed by atoms with Crippen LogP contribution in [0.25, 0.3) is 6.08 Å². The molecule has 2 atom stereocenters. The number of rotatable bonds is 10. The summed E-state index contributed by atoms with van der Waals surface area (Å²) in [5.41, 5.74) is 6.66. The first-order valence-electron chi connectivity index (χ1n) is 11.9. The molecule has 1 heterocycles. The summed E-state index contributed by atoms with van der Waals surface area (Å²) < 4.78 is 0. The topological polar surface area (TPSA) is 87.5 Å². The Morgan fingerprint density at radius 2 is 1.94 bits per heavy atom. The minimum atomic E-state index is -0.293. The third-order valence-corrected chi connectivity index (χ3v) is 5.95. The molecule has 1 aliphatic rings. The zero-order chi connectivity index (χ0) is 23.9. The number of halogens is 1. The summed E-state index contributed by atoms with van der Waals surface area (Å²) >= 11 is 5.88.